The molecule has 0 fully saturated rings. The lowest BCUT2D eigenvalue weighted by Gasteiger charge is -2.12. The summed E-state index contributed by atoms with van der Waals surface area (Å²) in [6.45, 7) is 0.777. The van der Waals surface area contributed by atoms with Crippen LogP contribution in [-0.4, -0.2) is 29.2 Å². The zero-order chi connectivity index (χ0) is 18.8. The van der Waals surface area contributed by atoms with Crippen molar-refractivity contribution in [3.8, 4) is 0 Å². The van der Waals surface area contributed by atoms with Crippen molar-refractivity contribution < 1.29 is 9.53 Å². The van der Waals surface area contributed by atoms with Crippen LogP contribution in [0.15, 0.2) is 65.7 Å². The summed E-state index contributed by atoms with van der Waals surface area (Å²) in [6.07, 6.45) is 3.46. The molecule has 1 amide bonds. The van der Waals surface area contributed by atoms with Crippen LogP contribution in [0.1, 0.15) is 10.4 Å². The predicted molar refractivity (Wildman–Crippen MR) is 106 cm³/mol. The van der Waals surface area contributed by atoms with Crippen molar-refractivity contribution in [1.29, 1.82) is 0 Å². The second-order valence-corrected chi connectivity index (χ2v) is 6.31. The number of hydrogen-bond acceptors (Lipinski definition) is 3. The summed E-state index contributed by atoms with van der Waals surface area (Å²) in [5, 5.41) is 5.10. The molecule has 2 aromatic carbocycles. The lowest BCUT2D eigenvalue weighted by Crippen LogP contribution is -2.25. The number of carbonyl (C=O) groups excluding carboxylic acids is 1. The van der Waals surface area contributed by atoms with E-state index < -0.39 is 0 Å². The highest BCUT2D eigenvalue weighted by Crippen LogP contribution is 2.20. The number of nitrogens with zero attached hydrogens (tertiary/aromatic N) is 1. The summed E-state index contributed by atoms with van der Waals surface area (Å²) in [7, 11) is 1.58. The number of anilines is 1. The van der Waals surface area contributed by atoms with Gasteiger partial charge in [0.2, 0.25) is 0 Å². The molecule has 2 heterocycles. The molecule has 136 valence electrons. The third-order valence-electron chi connectivity index (χ3n) is 4.59. The quantitative estimate of drug-likeness (QED) is 0.572. The Bertz CT molecular complexity index is 1190. The standard InChI is InChI=1S/C21H19N3O3/c1-27-11-10-24-13-18(16-4-2-3-5-17(16)21(24)26)20(25)23-15-6-7-19-14(12-15)8-9-22-19/h2-9,12-13,22H,10-11H2,1H3,(H,23,25). The summed E-state index contributed by atoms with van der Waals surface area (Å²) >= 11 is 0. The highest BCUT2D eigenvalue weighted by molar-refractivity contribution is 6.12. The zero-order valence-corrected chi connectivity index (χ0v) is 14.9. The van der Waals surface area contributed by atoms with Gasteiger partial charge in [0.25, 0.3) is 11.5 Å². The van der Waals surface area contributed by atoms with Gasteiger partial charge < -0.3 is 19.6 Å². The summed E-state index contributed by atoms with van der Waals surface area (Å²) < 4.78 is 6.60. The van der Waals surface area contributed by atoms with E-state index in [9.17, 15) is 9.59 Å². The van der Waals surface area contributed by atoms with Gasteiger partial charge >= 0.3 is 0 Å². The topological polar surface area (TPSA) is 76.1 Å². The Morgan fingerprint density at radius 1 is 1.15 bits per heavy atom. The number of aromatic nitrogens is 2. The van der Waals surface area contributed by atoms with Crippen molar-refractivity contribution in [3.63, 3.8) is 0 Å². The fourth-order valence-electron chi connectivity index (χ4n) is 3.21. The van der Waals surface area contributed by atoms with E-state index in [2.05, 4.69) is 10.3 Å². The van der Waals surface area contributed by atoms with Crippen LogP contribution in [0.4, 0.5) is 5.69 Å². The monoisotopic (exact) mass is 361 g/mol. The molecule has 0 saturated carbocycles. The minimum Gasteiger partial charge on any atom is -0.383 e. The average Bonchev–Trinajstić information content (AvgIpc) is 3.15. The van der Waals surface area contributed by atoms with Gasteiger partial charge in [-0.15, -0.1) is 0 Å². The average molecular weight is 361 g/mol. The van der Waals surface area contributed by atoms with Gasteiger partial charge in [0, 0.05) is 53.4 Å². The number of methoxy groups -OCH3 is 1. The van der Waals surface area contributed by atoms with Crippen molar-refractivity contribution in [2.75, 3.05) is 19.0 Å². The molecule has 2 N–H and O–H groups in total. The van der Waals surface area contributed by atoms with Crippen LogP contribution in [0.25, 0.3) is 21.7 Å². The lowest BCUT2D eigenvalue weighted by atomic mass is 10.1. The van der Waals surface area contributed by atoms with Gasteiger partial charge in [0.1, 0.15) is 0 Å². The molecule has 0 unspecified atom stereocenters. The number of fused-ring (bicyclic) bond motifs is 2. The highest BCUT2D eigenvalue weighted by Gasteiger charge is 2.15. The summed E-state index contributed by atoms with van der Waals surface area (Å²) in [5.41, 5.74) is 2.03. The largest absolute Gasteiger partial charge is 0.383 e. The minimum absolute atomic E-state index is 0.132. The number of benzene rings is 2. The van der Waals surface area contributed by atoms with Crippen molar-refractivity contribution in [2.45, 2.75) is 6.54 Å². The molecule has 6 heteroatoms. The molecule has 0 radical (unpaired) electrons. The van der Waals surface area contributed by atoms with E-state index in [0.29, 0.717) is 35.2 Å². The van der Waals surface area contributed by atoms with E-state index in [4.69, 9.17) is 4.74 Å². The van der Waals surface area contributed by atoms with Gasteiger partial charge in [-0.2, -0.15) is 0 Å². The molecule has 0 atom stereocenters. The predicted octanol–water partition coefficient (Wildman–Crippen LogP) is 3.38. The SMILES string of the molecule is COCCn1cc(C(=O)Nc2ccc3[nH]ccc3c2)c2ccccc2c1=O. The van der Waals surface area contributed by atoms with Crippen molar-refractivity contribution >= 4 is 33.3 Å². The van der Waals surface area contributed by atoms with Crippen LogP contribution in [0.2, 0.25) is 0 Å². The summed E-state index contributed by atoms with van der Waals surface area (Å²) in [4.78, 5) is 28.8. The van der Waals surface area contributed by atoms with Crippen LogP contribution >= 0.6 is 0 Å². The Hall–Kier alpha value is -3.38. The molecule has 27 heavy (non-hydrogen) atoms. The second kappa shape index (κ2) is 7.09. The maximum atomic E-state index is 13.0. The van der Waals surface area contributed by atoms with Crippen LogP contribution in [0, 0.1) is 0 Å². The van der Waals surface area contributed by atoms with Crippen LogP contribution in [-0.2, 0) is 11.3 Å². The van der Waals surface area contributed by atoms with Gasteiger partial charge in [-0.3, -0.25) is 9.59 Å². The summed E-state index contributed by atoms with van der Waals surface area (Å²) in [6, 6.07) is 14.8. The number of pyridine rings is 1. The third kappa shape index (κ3) is 3.22. The molecule has 6 nitrogen and oxygen atoms in total. The van der Waals surface area contributed by atoms with Gasteiger partial charge in [0.05, 0.1) is 12.2 Å². The minimum atomic E-state index is -0.257. The number of carbonyl (C=O) groups is 1. The molecule has 0 spiro atoms. The molecule has 2 aromatic heterocycles. The molecule has 0 aliphatic rings. The maximum Gasteiger partial charge on any atom is 0.258 e. The Morgan fingerprint density at radius 3 is 2.78 bits per heavy atom. The van der Waals surface area contributed by atoms with E-state index in [-0.39, 0.29) is 11.5 Å². The number of aromatic amines is 1. The molecular weight excluding hydrogens is 342 g/mol. The number of amides is 1. The first-order valence-corrected chi connectivity index (χ1v) is 8.67. The van der Waals surface area contributed by atoms with E-state index >= 15 is 0 Å². The van der Waals surface area contributed by atoms with Crippen LogP contribution in [0.3, 0.4) is 0 Å². The summed E-state index contributed by atoms with van der Waals surface area (Å²) in [5.74, 6) is -0.257. The molecule has 4 rings (SSSR count). The normalized spacial score (nSPS) is 11.1. The first kappa shape index (κ1) is 17.1. The second-order valence-electron chi connectivity index (χ2n) is 6.31. The first-order valence-electron chi connectivity index (χ1n) is 8.67. The number of hydrogen-bond donors (Lipinski definition) is 2. The molecule has 0 bridgehead atoms. The third-order valence-corrected chi connectivity index (χ3v) is 4.59. The van der Waals surface area contributed by atoms with Crippen molar-refractivity contribution in [2.24, 2.45) is 0 Å². The Balaban J connectivity index is 1.75. The number of rotatable bonds is 5. The zero-order valence-electron chi connectivity index (χ0n) is 14.9. The Labute approximate surface area is 155 Å². The van der Waals surface area contributed by atoms with Gasteiger partial charge in [-0.1, -0.05) is 18.2 Å². The van der Waals surface area contributed by atoms with Crippen LogP contribution in [0.5, 0.6) is 0 Å². The van der Waals surface area contributed by atoms with Crippen molar-refractivity contribution in [3.05, 3.63) is 76.8 Å². The molecule has 0 aliphatic heterocycles. The molecular formula is C21H19N3O3. The first-order chi connectivity index (χ1) is 13.2. The number of ether oxygens (including phenoxy) is 1. The van der Waals surface area contributed by atoms with E-state index in [1.165, 1.54) is 4.57 Å². The highest BCUT2D eigenvalue weighted by atomic mass is 16.5. The smallest absolute Gasteiger partial charge is 0.258 e. The van der Waals surface area contributed by atoms with Gasteiger partial charge in [0.15, 0.2) is 0 Å². The number of nitrogens with one attached hydrogen (secondary N) is 2. The Kier molecular flexibility index (Phi) is 4.48. The molecule has 4 aromatic rings. The van der Waals surface area contributed by atoms with E-state index in [0.717, 1.165) is 10.9 Å². The van der Waals surface area contributed by atoms with E-state index in [1.54, 1.807) is 31.5 Å². The van der Waals surface area contributed by atoms with E-state index in [1.807, 2.05) is 36.5 Å². The lowest BCUT2D eigenvalue weighted by molar-refractivity contribution is 0.102. The molecule has 0 saturated heterocycles. The maximum absolute atomic E-state index is 13.0. The van der Waals surface area contributed by atoms with Crippen LogP contribution < -0.4 is 10.9 Å². The van der Waals surface area contributed by atoms with Crippen molar-refractivity contribution in [1.82, 2.24) is 9.55 Å². The number of H-pyrrole nitrogens is 1. The fourth-order valence-corrected chi connectivity index (χ4v) is 3.21. The van der Waals surface area contributed by atoms with Gasteiger partial charge in [-0.25, -0.2) is 0 Å². The van der Waals surface area contributed by atoms with Gasteiger partial charge in [-0.05, 0) is 30.3 Å². The Morgan fingerprint density at radius 2 is 1.96 bits per heavy atom. The molecule has 0 aliphatic carbocycles. The fraction of sp³-hybridized carbons (Fsp3) is 0.143.